The van der Waals surface area contributed by atoms with Gasteiger partial charge in [-0.1, -0.05) is 47.5 Å². The number of carbonyl (C=O) groups is 1. The summed E-state index contributed by atoms with van der Waals surface area (Å²) in [5, 5.41) is 3.43. The number of nitrogens with one attached hydrogen (secondary N) is 1. The molecule has 0 radical (unpaired) electrons. The Hall–Kier alpha value is -1.58. The van der Waals surface area contributed by atoms with Crippen LogP contribution in [0.2, 0.25) is 10.0 Å². The number of aryl methyl sites for hydroxylation is 1. The van der Waals surface area contributed by atoms with Gasteiger partial charge in [0.25, 0.3) is 0 Å². The number of hydrogen-bond acceptors (Lipinski definition) is 1. The van der Waals surface area contributed by atoms with E-state index in [-0.39, 0.29) is 18.0 Å². The molecule has 0 atom stereocenters. The number of anilines is 1. The van der Waals surface area contributed by atoms with Crippen molar-refractivity contribution < 1.29 is 9.18 Å². The Morgan fingerprint density at radius 1 is 1.10 bits per heavy atom. The first-order valence-corrected chi connectivity index (χ1v) is 6.81. The first-order valence-electron chi connectivity index (χ1n) is 6.05. The second kappa shape index (κ2) is 6.73. The van der Waals surface area contributed by atoms with Crippen molar-refractivity contribution in [1.29, 1.82) is 0 Å². The summed E-state index contributed by atoms with van der Waals surface area (Å²) in [6.07, 6.45) is 0.647. The summed E-state index contributed by atoms with van der Waals surface area (Å²) in [4.78, 5) is 11.8. The van der Waals surface area contributed by atoms with Gasteiger partial charge in [-0.3, -0.25) is 4.79 Å². The van der Waals surface area contributed by atoms with E-state index in [0.29, 0.717) is 16.5 Å². The average Bonchev–Trinajstić information content (AvgIpc) is 2.43. The van der Waals surface area contributed by atoms with Crippen molar-refractivity contribution in [3.8, 4) is 0 Å². The lowest BCUT2D eigenvalue weighted by molar-refractivity contribution is -0.116. The highest BCUT2D eigenvalue weighted by atomic mass is 35.5. The van der Waals surface area contributed by atoms with Gasteiger partial charge in [0.05, 0.1) is 15.7 Å². The maximum Gasteiger partial charge on any atom is 0.224 e. The predicted molar refractivity (Wildman–Crippen MR) is 79.8 cm³/mol. The van der Waals surface area contributed by atoms with Gasteiger partial charge >= 0.3 is 0 Å². The summed E-state index contributed by atoms with van der Waals surface area (Å²) in [6, 6.07) is 11.3. The molecule has 0 heterocycles. The van der Waals surface area contributed by atoms with Gasteiger partial charge in [0, 0.05) is 6.42 Å². The van der Waals surface area contributed by atoms with Crippen molar-refractivity contribution in [3.63, 3.8) is 0 Å². The van der Waals surface area contributed by atoms with Crippen LogP contribution in [-0.4, -0.2) is 5.91 Å². The molecule has 1 amide bonds. The van der Waals surface area contributed by atoms with Crippen LogP contribution in [0.15, 0.2) is 42.5 Å². The molecule has 0 unspecified atom stereocenters. The first-order chi connectivity index (χ1) is 9.58. The quantitative estimate of drug-likeness (QED) is 0.871. The second-order valence-corrected chi connectivity index (χ2v) is 5.03. The standard InChI is InChI=1S/C15H12Cl2FNO/c16-11-5-3-4-10(15(11)17)8-9-14(20)19-13-7-2-1-6-12(13)18/h1-7H,8-9H2,(H,19,20). The van der Waals surface area contributed by atoms with Gasteiger partial charge in [0.2, 0.25) is 5.91 Å². The molecule has 104 valence electrons. The molecule has 2 rings (SSSR count). The molecule has 5 heteroatoms. The minimum Gasteiger partial charge on any atom is -0.324 e. The fourth-order valence-corrected chi connectivity index (χ4v) is 2.18. The fraction of sp³-hybridized carbons (Fsp3) is 0.133. The second-order valence-electron chi connectivity index (χ2n) is 4.24. The maximum atomic E-state index is 13.4. The molecule has 0 fully saturated rings. The molecule has 0 aromatic heterocycles. The van der Waals surface area contributed by atoms with Crippen LogP contribution in [-0.2, 0) is 11.2 Å². The topological polar surface area (TPSA) is 29.1 Å². The number of benzene rings is 2. The summed E-state index contributed by atoms with van der Waals surface area (Å²) >= 11 is 11.9. The average molecular weight is 312 g/mol. The molecule has 0 aliphatic heterocycles. The lowest BCUT2D eigenvalue weighted by Gasteiger charge is -2.07. The van der Waals surface area contributed by atoms with Gasteiger partial charge in [-0.05, 0) is 30.2 Å². The van der Waals surface area contributed by atoms with E-state index in [4.69, 9.17) is 23.2 Å². The zero-order valence-corrected chi connectivity index (χ0v) is 12.0. The van der Waals surface area contributed by atoms with E-state index in [0.717, 1.165) is 5.56 Å². The van der Waals surface area contributed by atoms with Crippen molar-refractivity contribution in [2.75, 3.05) is 5.32 Å². The van der Waals surface area contributed by atoms with Crippen LogP contribution >= 0.6 is 23.2 Å². The molecule has 0 spiro atoms. The normalized spacial score (nSPS) is 10.3. The monoisotopic (exact) mass is 311 g/mol. The molecule has 0 aliphatic rings. The van der Waals surface area contributed by atoms with Crippen molar-refractivity contribution >= 4 is 34.8 Å². The smallest absolute Gasteiger partial charge is 0.224 e. The Kier molecular flexibility index (Phi) is 4.99. The van der Waals surface area contributed by atoms with Gasteiger partial charge in [-0.25, -0.2) is 4.39 Å². The number of carbonyl (C=O) groups excluding carboxylic acids is 1. The van der Waals surface area contributed by atoms with Gasteiger partial charge < -0.3 is 5.32 Å². The van der Waals surface area contributed by atoms with Crippen molar-refractivity contribution in [1.82, 2.24) is 0 Å². The zero-order valence-electron chi connectivity index (χ0n) is 10.5. The third-order valence-corrected chi connectivity index (χ3v) is 3.66. The Bertz CT molecular complexity index is 631. The minimum atomic E-state index is -0.457. The third kappa shape index (κ3) is 3.71. The van der Waals surface area contributed by atoms with E-state index in [1.54, 1.807) is 24.3 Å². The molecule has 0 saturated carbocycles. The molecule has 20 heavy (non-hydrogen) atoms. The van der Waals surface area contributed by atoms with Crippen molar-refractivity contribution in [2.24, 2.45) is 0 Å². The van der Waals surface area contributed by atoms with Gasteiger partial charge in [0.1, 0.15) is 5.82 Å². The zero-order chi connectivity index (χ0) is 14.5. The van der Waals surface area contributed by atoms with E-state index in [9.17, 15) is 9.18 Å². The van der Waals surface area contributed by atoms with Gasteiger partial charge in [0.15, 0.2) is 0 Å². The van der Waals surface area contributed by atoms with Crippen LogP contribution in [0.5, 0.6) is 0 Å². The van der Waals surface area contributed by atoms with Crippen LogP contribution < -0.4 is 5.32 Å². The highest BCUT2D eigenvalue weighted by molar-refractivity contribution is 6.42. The Morgan fingerprint density at radius 2 is 1.85 bits per heavy atom. The first kappa shape index (κ1) is 14.8. The number of amides is 1. The van der Waals surface area contributed by atoms with Crippen LogP contribution in [0.4, 0.5) is 10.1 Å². The molecule has 2 nitrogen and oxygen atoms in total. The van der Waals surface area contributed by atoms with E-state index in [2.05, 4.69) is 5.32 Å². The molecular weight excluding hydrogens is 300 g/mol. The number of para-hydroxylation sites is 1. The Labute approximate surface area is 126 Å². The lowest BCUT2D eigenvalue weighted by Crippen LogP contribution is -2.13. The Morgan fingerprint density at radius 3 is 2.60 bits per heavy atom. The minimum absolute atomic E-state index is 0.176. The fourth-order valence-electron chi connectivity index (χ4n) is 1.77. The van der Waals surface area contributed by atoms with E-state index >= 15 is 0 Å². The largest absolute Gasteiger partial charge is 0.324 e. The summed E-state index contributed by atoms with van der Waals surface area (Å²) in [6.45, 7) is 0. The van der Waals surface area contributed by atoms with Crippen LogP contribution in [0.25, 0.3) is 0 Å². The number of halogens is 3. The third-order valence-electron chi connectivity index (χ3n) is 2.80. The van der Waals surface area contributed by atoms with E-state index in [1.807, 2.05) is 6.07 Å². The highest BCUT2D eigenvalue weighted by Gasteiger charge is 2.09. The van der Waals surface area contributed by atoms with Crippen molar-refractivity contribution in [3.05, 3.63) is 63.9 Å². The van der Waals surface area contributed by atoms with E-state index in [1.165, 1.54) is 12.1 Å². The van der Waals surface area contributed by atoms with Crippen LogP contribution in [0.3, 0.4) is 0 Å². The maximum absolute atomic E-state index is 13.4. The van der Waals surface area contributed by atoms with Gasteiger partial charge in [-0.2, -0.15) is 0 Å². The molecular formula is C15H12Cl2FNO. The summed E-state index contributed by atoms with van der Waals surface area (Å²) in [5.41, 5.74) is 0.970. The lowest BCUT2D eigenvalue weighted by atomic mass is 10.1. The SMILES string of the molecule is O=C(CCc1cccc(Cl)c1Cl)Nc1ccccc1F. The molecule has 0 bridgehead atoms. The molecule has 2 aromatic rings. The molecule has 1 N–H and O–H groups in total. The van der Waals surface area contributed by atoms with Crippen LogP contribution in [0, 0.1) is 5.82 Å². The Balaban J connectivity index is 1.96. The predicted octanol–water partition coefficient (Wildman–Crippen LogP) is 4.70. The molecule has 0 saturated heterocycles. The summed E-state index contributed by atoms with van der Waals surface area (Å²) in [5.74, 6) is -0.729. The molecule has 0 aliphatic carbocycles. The molecule has 2 aromatic carbocycles. The number of rotatable bonds is 4. The number of hydrogen-bond donors (Lipinski definition) is 1. The van der Waals surface area contributed by atoms with Gasteiger partial charge in [-0.15, -0.1) is 0 Å². The van der Waals surface area contributed by atoms with Crippen LogP contribution in [0.1, 0.15) is 12.0 Å². The summed E-state index contributed by atoms with van der Waals surface area (Å²) < 4.78 is 13.4. The van der Waals surface area contributed by atoms with Crippen molar-refractivity contribution in [2.45, 2.75) is 12.8 Å². The highest BCUT2D eigenvalue weighted by Crippen LogP contribution is 2.26. The summed E-state index contributed by atoms with van der Waals surface area (Å²) in [7, 11) is 0. The van der Waals surface area contributed by atoms with E-state index < -0.39 is 5.82 Å².